The van der Waals surface area contributed by atoms with Crippen molar-refractivity contribution in [2.45, 2.75) is 39.7 Å². The molecule has 0 radical (unpaired) electrons. The third-order valence-corrected chi connectivity index (χ3v) is 4.07. The van der Waals surface area contributed by atoms with Crippen molar-refractivity contribution in [1.82, 2.24) is 5.32 Å². The largest absolute Gasteiger partial charge is 0.409 e. The predicted octanol–water partition coefficient (Wildman–Crippen LogP) is 3.65. The number of hydrogen-bond donors (Lipinski definition) is 3. The third-order valence-electron chi connectivity index (χ3n) is 3.58. The quantitative estimate of drug-likeness (QED) is 0.233. The van der Waals surface area contributed by atoms with E-state index in [9.17, 15) is 0 Å². The van der Waals surface area contributed by atoms with E-state index in [1.54, 1.807) is 0 Å². The average molecular weight is 342 g/mol. The number of amidine groups is 1. The van der Waals surface area contributed by atoms with Gasteiger partial charge in [-0.3, -0.25) is 0 Å². The van der Waals surface area contributed by atoms with Crippen molar-refractivity contribution in [2.24, 2.45) is 16.3 Å². The zero-order chi connectivity index (χ0) is 15.2. The molecule has 0 saturated carbocycles. The summed E-state index contributed by atoms with van der Waals surface area (Å²) in [6.07, 6.45) is 1.85. The normalized spacial score (nSPS) is 14.3. The second-order valence-electron chi connectivity index (χ2n) is 5.70. The summed E-state index contributed by atoms with van der Waals surface area (Å²) >= 11 is 3.48. The number of nitrogens with one attached hydrogen (secondary N) is 1. The molecule has 0 bridgehead atoms. The van der Waals surface area contributed by atoms with Crippen LogP contribution in [0.5, 0.6) is 0 Å². The van der Waals surface area contributed by atoms with Crippen molar-refractivity contribution in [3.63, 3.8) is 0 Å². The van der Waals surface area contributed by atoms with Crippen molar-refractivity contribution < 1.29 is 5.21 Å². The van der Waals surface area contributed by atoms with Gasteiger partial charge >= 0.3 is 0 Å². The van der Waals surface area contributed by atoms with E-state index in [1.165, 1.54) is 5.56 Å². The Hall–Kier alpha value is -1.07. The second kappa shape index (κ2) is 7.64. The molecule has 1 atom stereocenters. The van der Waals surface area contributed by atoms with Gasteiger partial charge in [-0.05, 0) is 44.0 Å². The molecule has 20 heavy (non-hydrogen) atoms. The van der Waals surface area contributed by atoms with Crippen LogP contribution < -0.4 is 11.1 Å². The lowest BCUT2D eigenvalue weighted by molar-refractivity contribution is 0.304. The zero-order valence-corrected chi connectivity index (χ0v) is 13.9. The smallest absolute Gasteiger partial charge is 0.144 e. The Morgan fingerprint density at radius 3 is 2.80 bits per heavy atom. The third kappa shape index (κ3) is 5.13. The Bertz CT molecular complexity index is 460. The van der Waals surface area contributed by atoms with Crippen molar-refractivity contribution in [3.05, 3.63) is 34.3 Å². The topological polar surface area (TPSA) is 70.6 Å². The van der Waals surface area contributed by atoms with E-state index in [0.29, 0.717) is 6.04 Å². The number of halogens is 1. The number of nitrogens with zero attached hydrogens (tertiary/aromatic N) is 1. The highest BCUT2D eigenvalue weighted by Crippen LogP contribution is 2.22. The summed E-state index contributed by atoms with van der Waals surface area (Å²) in [7, 11) is 0. The van der Waals surface area contributed by atoms with Crippen molar-refractivity contribution in [3.8, 4) is 0 Å². The monoisotopic (exact) mass is 341 g/mol. The fourth-order valence-electron chi connectivity index (χ4n) is 2.01. The van der Waals surface area contributed by atoms with Crippen LogP contribution in [0.15, 0.2) is 33.9 Å². The molecule has 4 N–H and O–H groups in total. The fourth-order valence-corrected chi connectivity index (χ4v) is 2.42. The van der Waals surface area contributed by atoms with Crippen LogP contribution in [-0.4, -0.2) is 17.6 Å². The van der Waals surface area contributed by atoms with E-state index in [0.717, 1.165) is 23.9 Å². The number of benzene rings is 1. The predicted molar refractivity (Wildman–Crippen MR) is 87.0 cm³/mol. The lowest BCUT2D eigenvalue weighted by Gasteiger charge is -2.23. The molecule has 0 aromatic heterocycles. The van der Waals surface area contributed by atoms with E-state index in [2.05, 4.69) is 45.5 Å². The van der Waals surface area contributed by atoms with Gasteiger partial charge in [-0.25, -0.2) is 0 Å². The van der Waals surface area contributed by atoms with Gasteiger partial charge in [-0.2, -0.15) is 0 Å². The van der Waals surface area contributed by atoms with Gasteiger partial charge in [0, 0.05) is 15.9 Å². The molecular formula is C15H24BrN3O. The Morgan fingerprint density at radius 1 is 1.50 bits per heavy atom. The van der Waals surface area contributed by atoms with Gasteiger partial charge in [-0.1, -0.05) is 47.1 Å². The van der Waals surface area contributed by atoms with E-state index in [1.807, 2.05) is 26.0 Å². The van der Waals surface area contributed by atoms with Gasteiger partial charge in [0.15, 0.2) is 0 Å². The van der Waals surface area contributed by atoms with Crippen molar-refractivity contribution in [2.75, 3.05) is 6.54 Å². The molecule has 5 heteroatoms. The van der Waals surface area contributed by atoms with Gasteiger partial charge < -0.3 is 16.3 Å². The van der Waals surface area contributed by atoms with Gasteiger partial charge in [0.1, 0.15) is 5.84 Å². The first kappa shape index (κ1) is 17.0. The Balaban J connectivity index is 2.38. The van der Waals surface area contributed by atoms with Gasteiger partial charge in [0.25, 0.3) is 0 Å². The van der Waals surface area contributed by atoms with Crippen LogP contribution in [0.3, 0.4) is 0 Å². The molecule has 1 rings (SSSR count). The maximum absolute atomic E-state index is 8.73. The van der Waals surface area contributed by atoms with Crippen molar-refractivity contribution >= 4 is 21.8 Å². The van der Waals surface area contributed by atoms with E-state index in [4.69, 9.17) is 10.9 Å². The molecule has 4 nitrogen and oxygen atoms in total. The number of hydrogen-bond acceptors (Lipinski definition) is 3. The first-order valence-electron chi connectivity index (χ1n) is 6.83. The van der Waals surface area contributed by atoms with E-state index in [-0.39, 0.29) is 11.3 Å². The molecule has 0 unspecified atom stereocenters. The summed E-state index contributed by atoms with van der Waals surface area (Å²) in [4.78, 5) is 0. The van der Waals surface area contributed by atoms with Crippen LogP contribution in [-0.2, 0) is 0 Å². The molecule has 0 saturated heterocycles. The van der Waals surface area contributed by atoms with E-state index >= 15 is 0 Å². The molecule has 0 spiro atoms. The first-order chi connectivity index (χ1) is 9.36. The van der Waals surface area contributed by atoms with Crippen LogP contribution in [0.1, 0.15) is 45.2 Å². The minimum Gasteiger partial charge on any atom is -0.409 e. The SMILES string of the molecule is C[C@H](NCCCC(C)(C)/C(N)=N/O)c1cccc(Br)c1. The maximum Gasteiger partial charge on any atom is 0.144 e. The summed E-state index contributed by atoms with van der Waals surface area (Å²) in [6.45, 7) is 7.02. The summed E-state index contributed by atoms with van der Waals surface area (Å²) in [6, 6.07) is 8.61. The highest BCUT2D eigenvalue weighted by Gasteiger charge is 2.22. The Kier molecular flexibility index (Phi) is 6.49. The van der Waals surface area contributed by atoms with E-state index < -0.39 is 0 Å². The standard InChI is InChI=1S/C15H24BrN3O/c1-11(12-6-4-7-13(16)10-12)18-9-5-8-15(2,3)14(17)19-20/h4,6-7,10-11,18,20H,5,8-9H2,1-3H3,(H2,17,19)/t11-/m0/s1. The summed E-state index contributed by atoms with van der Waals surface area (Å²) < 4.78 is 1.09. The Morgan fingerprint density at radius 2 is 2.20 bits per heavy atom. The average Bonchev–Trinajstić information content (AvgIpc) is 2.42. The lowest BCUT2D eigenvalue weighted by Crippen LogP contribution is -2.32. The van der Waals surface area contributed by atoms with Crippen LogP contribution in [0.25, 0.3) is 0 Å². The Labute approximate surface area is 129 Å². The molecule has 0 aliphatic heterocycles. The summed E-state index contributed by atoms with van der Waals surface area (Å²) in [5, 5.41) is 15.3. The highest BCUT2D eigenvalue weighted by molar-refractivity contribution is 9.10. The van der Waals surface area contributed by atoms with Gasteiger partial charge in [-0.15, -0.1) is 0 Å². The van der Waals surface area contributed by atoms with Crippen molar-refractivity contribution in [1.29, 1.82) is 0 Å². The summed E-state index contributed by atoms with van der Waals surface area (Å²) in [5.41, 5.74) is 6.67. The minimum absolute atomic E-state index is 0.268. The number of rotatable bonds is 7. The van der Waals surface area contributed by atoms with Crippen LogP contribution in [0.2, 0.25) is 0 Å². The molecule has 112 valence electrons. The van der Waals surface area contributed by atoms with Crippen LogP contribution in [0, 0.1) is 5.41 Å². The maximum atomic E-state index is 8.73. The first-order valence-corrected chi connectivity index (χ1v) is 7.63. The molecule has 0 aliphatic carbocycles. The minimum atomic E-state index is -0.268. The highest BCUT2D eigenvalue weighted by atomic mass is 79.9. The zero-order valence-electron chi connectivity index (χ0n) is 12.4. The fraction of sp³-hybridized carbons (Fsp3) is 0.533. The second-order valence-corrected chi connectivity index (χ2v) is 6.62. The van der Waals surface area contributed by atoms with Gasteiger partial charge in [0.2, 0.25) is 0 Å². The molecule has 0 heterocycles. The lowest BCUT2D eigenvalue weighted by atomic mass is 9.86. The van der Waals surface area contributed by atoms with Crippen LogP contribution in [0.4, 0.5) is 0 Å². The molecule has 0 amide bonds. The number of oxime groups is 1. The molecule has 0 fully saturated rings. The molecule has 1 aromatic rings. The number of nitrogens with two attached hydrogens (primary N) is 1. The van der Waals surface area contributed by atoms with Gasteiger partial charge in [0.05, 0.1) is 0 Å². The summed E-state index contributed by atoms with van der Waals surface area (Å²) in [5.74, 6) is 0.289. The molecule has 1 aromatic carbocycles. The van der Waals surface area contributed by atoms with Crippen LogP contribution >= 0.6 is 15.9 Å². The molecule has 0 aliphatic rings. The molecular weight excluding hydrogens is 318 g/mol.